The molecule has 2 unspecified atom stereocenters. The Morgan fingerprint density at radius 3 is 1.36 bits per heavy atom. The Morgan fingerprint density at radius 2 is 1.14 bits per heavy atom. The normalized spacial score (nSPS) is 15.4. The molecule has 2 heteroatoms. The van der Waals surface area contributed by atoms with Gasteiger partial charge in [0.2, 0.25) is 0 Å². The molecule has 2 N–H and O–H groups in total. The Morgan fingerprint density at radius 1 is 0.786 bits per heavy atom. The van der Waals surface area contributed by atoms with E-state index in [1.165, 1.54) is 12.8 Å². The maximum atomic E-state index is 8.99. The predicted molar refractivity (Wildman–Crippen MR) is 60.2 cm³/mol. The van der Waals surface area contributed by atoms with Gasteiger partial charge in [-0.05, 0) is 24.7 Å². The SMILES string of the molecule is CCC(CO)CCCCC(CC)CO. The minimum atomic E-state index is 0.327. The Balaban J connectivity index is 3.35. The van der Waals surface area contributed by atoms with E-state index in [0.29, 0.717) is 25.0 Å². The molecule has 14 heavy (non-hydrogen) atoms. The third-order valence-electron chi connectivity index (χ3n) is 3.15. The van der Waals surface area contributed by atoms with E-state index in [9.17, 15) is 0 Å². The van der Waals surface area contributed by atoms with Crippen molar-refractivity contribution in [2.24, 2.45) is 11.8 Å². The van der Waals surface area contributed by atoms with E-state index >= 15 is 0 Å². The van der Waals surface area contributed by atoms with Crippen molar-refractivity contribution in [1.82, 2.24) is 0 Å². The zero-order valence-corrected chi connectivity index (χ0v) is 9.71. The first kappa shape index (κ1) is 13.9. The number of aliphatic hydroxyl groups excluding tert-OH is 2. The zero-order valence-electron chi connectivity index (χ0n) is 9.71. The quantitative estimate of drug-likeness (QED) is 0.564. The van der Waals surface area contributed by atoms with Gasteiger partial charge < -0.3 is 10.2 Å². The average molecular weight is 202 g/mol. The van der Waals surface area contributed by atoms with Crippen molar-refractivity contribution in [3.63, 3.8) is 0 Å². The first-order valence-corrected chi connectivity index (χ1v) is 6.00. The van der Waals surface area contributed by atoms with Gasteiger partial charge in [0.1, 0.15) is 0 Å². The van der Waals surface area contributed by atoms with Gasteiger partial charge in [-0.1, -0.05) is 39.5 Å². The molecule has 0 amide bonds. The van der Waals surface area contributed by atoms with Crippen LogP contribution >= 0.6 is 0 Å². The van der Waals surface area contributed by atoms with E-state index in [1.54, 1.807) is 0 Å². The summed E-state index contributed by atoms with van der Waals surface area (Å²) in [6.45, 7) is 4.91. The van der Waals surface area contributed by atoms with Crippen molar-refractivity contribution in [3.05, 3.63) is 0 Å². The van der Waals surface area contributed by atoms with E-state index in [4.69, 9.17) is 10.2 Å². The molecule has 0 fully saturated rings. The number of hydrogen-bond acceptors (Lipinski definition) is 2. The van der Waals surface area contributed by atoms with Gasteiger partial charge in [-0.3, -0.25) is 0 Å². The Kier molecular flexibility index (Phi) is 9.42. The van der Waals surface area contributed by atoms with Crippen molar-refractivity contribution in [1.29, 1.82) is 0 Å². The van der Waals surface area contributed by atoms with Crippen LogP contribution < -0.4 is 0 Å². The highest BCUT2D eigenvalue weighted by Gasteiger charge is 2.06. The molecule has 2 nitrogen and oxygen atoms in total. The first-order valence-electron chi connectivity index (χ1n) is 6.00. The maximum Gasteiger partial charge on any atom is 0.0459 e. The van der Waals surface area contributed by atoms with Crippen LogP contribution in [0.25, 0.3) is 0 Å². The summed E-state index contributed by atoms with van der Waals surface area (Å²) in [6, 6.07) is 0. The van der Waals surface area contributed by atoms with Crippen molar-refractivity contribution in [2.75, 3.05) is 13.2 Å². The van der Waals surface area contributed by atoms with Gasteiger partial charge >= 0.3 is 0 Å². The Hall–Kier alpha value is -0.0800. The monoisotopic (exact) mass is 202 g/mol. The van der Waals surface area contributed by atoms with Crippen LogP contribution in [0.4, 0.5) is 0 Å². The van der Waals surface area contributed by atoms with Crippen LogP contribution in [0.2, 0.25) is 0 Å². The van der Waals surface area contributed by atoms with Gasteiger partial charge in [0.25, 0.3) is 0 Å². The van der Waals surface area contributed by atoms with Crippen LogP contribution in [-0.2, 0) is 0 Å². The van der Waals surface area contributed by atoms with E-state index in [1.807, 2.05) is 0 Å². The molecule has 0 aliphatic heterocycles. The van der Waals surface area contributed by atoms with Gasteiger partial charge in [-0.25, -0.2) is 0 Å². The second-order valence-electron chi connectivity index (χ2n) is 4.20. The molecule has 0 spiro atoms. The van der Waals surface area contributed by atoms with Crippen LogP contribution in [0.3, 0.4) is 0 Å². The van der Waals surface area contributed by atoms with Crippen LogP contribution in [-0.4, -0.2) is 23.4 Å². The molecular weight excluding hydrogens is 176 g/mol. The van der Waals surface area contributed by atoms with Crippen molar-refractivity contribution < 1.29 is 10.2 Å². The van der Waals surface area contributed by atoms with Gasteiger partial charge in [-0.2, -0.15) is 0 Å². The largest absolute Gasteiger partial charge is 0.396 e. The van der Waals surface area contributed by atoms with Crippen molar-refractivity contribution in [2.45, 2.75) is 52.4 Å². The fraction of sp³-hybridized carbons (Fsp3) is 1.00. The smallest absolute Gasteiger partial charge is 0.0459 e. The molecule has 0 rings (SSSR count). The lowest BCUT2D eigenvalue weighted by atomic mass is 9.95. The molecule has 86 valence electrons. The predicted octanol–water partition coefficient (Wildman–Crippen LogP) is 2.58. The van der Waals surface area contributed by atoms with Crippen LogP contribution in [0, 0.1) is 11.8 Å². The molecule has 0 saturated carbocycles. The van der Waals surface area contributed by atoms with Crippen LogP contribution in [0.5, 0.6) is 0 Å². The summed E-state index contributed by atoms with van der Waals surface area (Å²) in [7, 11) is 0. The van der Waals surface area contributed by atoms with E-state index in [0.717, 1.165) is 25.7 Å². The molecule has 0 saturated heterocycles. The molecular formula is C12H26O2. The standard InChI is InChI=1S/C12H26O2/c1-3-11(9-13)7-5-6-8-12(4-2)10-14/h11-14H,3-10H2,1-2H3. The van der Waals surface area contributed by atoms with Gasteiger partial charge in [0.05, 0.1) is 0 Å². The summed E-state index contributed by atoms with van der Waals surface area (Å²) in [5.41, 5.74) is 0. The summed E-state index contributed by atoms with van der Waals surface area (Å²) in [4.78, 5) is 0. The topological polar surface area (TPSA) is 40.5 Å². The van der Waals surface area contributed by atoms with Crippen LogP contribution in [0.15, 0.2) is 0 Å². The van der Waals surface area contributed by atoms with E-state index < -0.39 is 0 Å². The minimum Gasteiger partial charge on any atom is -0.396 e. The van der Waals surface area contributed by atoms with Crippen LogP contribution in [0.1, 0.15) is 52.4 Å². The van der Waals surface area contributed by atoms with Crippen molar-refractivity contribution in [3.8, 4) is 0 Å². The van der Waals surface area contributed by atoms with Gasteiger partial charge in [0, 0.05) is 13.2 Å². The molecule has 0 heterocycles. The van der Waals surface area contributed by atoms with E-state index in [2.05, 4.69) is 13.8 Å². The second-order valence-corrected chi connectivity index (χ2v) is 4.20. The molecule has 0 bridgehead atoms. The Bertz CT molecular complexity index is 92.9. The lowest BCUT2D eigenvalue weighted by molar-refractivity contribution is 0.200. The summed E-state index contributed by atoms with van der Waals surface area (Å²) >= 11 is 0. The molecule has 0 aliphatic carbocycles. The lowest BCUT2D eigenvalue weighted by Crippen LogP contribution is -2.06. The number of rotatable bonds is 9. The molecule has 2 atom stereocenters. The van der Waals surface area contributed by atoms with Gasteiger partial charge in [-0.15, -0.1) is 0 Å². The fourth-order valence-corrected chi connectivity index (χ4v) is 1.72. The minimum absolute atomic E-state index is 0.327. The van der Waals surface area contributed by atoms with E-state index in [-0.39, 0.29) is 0 Å². The molecule has 0 aliphatic rings. The third kappa shape index (κ3) is 6.39. The highest BCUT2D eigenvalue weighted by atomic mass is 16.3. The molecule has 0 aromatic heterocycles. The third-order valence-corrected chi connectivity index (χ3v) is 3.15. The molecule has 0 aromatic rings. The Labute approximate surface area is 88.3 Å². The number of hydrogen-bond donors (Lipinski definition) is 2. The highest BCUT2D eigenvalue weighted by Crippen LogP contribution is 2.16. The fourth-order valence-electron chi connectivity index (χ4n) is 1.72. The summed E-state index contributed by atoms with van der Waals surface area (Å²) in [6.07, 6.45) is 6.80. The molecule has 0 radical (unpaired) electrons. The summed E-state index contributed by atoms with van der Waals surface area (Å²) in [5, 5.41) is 18.0. The number of aliphatic hydroxyl groups is 2. The highest BCUT2D eigenvalue weighted by molar-refractivity contribution is 4.59. The lowest BCUT2D eigenvalue weighted by Gasteiger charge is -2.13. The summed E-state index contributed by atoms with van der Waals surface area (Å²) in [5.74, 6) is 0.980. The maximum absolute atomic E-state index is 8.99. The zero-order chi connectivity index (χ0) is 10.8. The molecule has 0 aromatic carbocycles. The summed E-state index contributed by atoms with van der Waals surface area (Å²) < 4.78 is 0. The van der Waals surface area contributed by atoms with Crippen molar-refractivity contribution >= 4 is 0 Å². The second kappa shape index (κ2) is 9.47. The number of unbranched alkanes of at least 4 members (excludes halogenated alkanes) is 1. The average Bonchev–Trinajstić information content (AvgIpc) is 2.24. The van der Waals surface area contributed by atoms with Gasteiger partial charge in [0.15, 0.2) is 0 Å². The first-order chi connectivity index (χ1) is 6.78.